The highest BCUT2D eigenvalue weighted by Gasteiger charge is 2.71. The Morgan fingerprint density at radius 2 is 1.97 bits per heavy atom. The minimum absolute atomic E-state index is 0.0181. The van der Waals surface area contributed by atoms with Gasteiger partial charge in [0.2, 0.25) is 0 Å². The maximum Gasteiger partial charge on any atom is 0.172 e. The van der Waals surface area contributed by atoms with Crippen LogP contribution in [0, 0.1) is 40.4 Å². The Balaban J connectivity index is 1.32. The van der Waals surface area contributed by atoms with E-state index in [0.717, 1.165) is 44.9 Å². The van der Waals surface area contributed by atoms with E-state index in [1.807, 2.05) is 6.92 Å². The maximum atomic E-state index is 13.9. The minimum atomic E-state index is -0.605. The molecular formula is C27H40O5. The first-order chi connectivity index (χ1) is 15.1. The average Bonchev–Trinajstić information content (AvgIpc) is 3.32. The van der Waals surface area contributed by atoms with E-state index in [4.69, 9.17) is 9.47 Å². The molecule has 0 bridgehead atoms. The lowest BCUT2D eigenvalue weighted by Gasteiger charge is -2.57. The van der Waals surface area contributed by atoms with Gasteiger partial charge in [-0.25, -0.2) is 0 Å². The van der Waals surface area contributed by atoms with Crippen molar-refractivity contribution in [1.82, 2.24) is 0 Å². The Morgan fingerprint density at radius 1 is 1.19 bits per heavy atom. The molecule has 0 amide bonds. The first kappa shape index (κ1) is 21.8. The number of hydrogen-bond acceptors (Lipinski definition) is 5. The van der Waals surface area contributed by atoms with E-state index in [0.29, 0.717) is 30.0 Å². The first-order valence-electron chi connectivity index (χ1n) is 12.9. The van der Waals surface area contributed by atoms with Crippen molar-refractivity contribution in [3.8, 4) is 0 Å². The summed E-state index contributed by atoms with van der Waals surface area (Å²) in [6.45, 7) is 8.93. The highest BCUT2D eigenvalue weighted by Crippen LogP contribution is 2.70. The summed E-state index contributed by atoms with van der Waals surface area (Å²) in [5, 5.41) is 20.1. The summed E-state index contributed by atoms with van der Waals surface area (Å²) < 4.78 is 13.2. The fourth-order valence-corrected chi connectivity index (χ4v) is 9.63. The van der Waals surface area contributed by atoms with Gasteiger partial charge in [0.25, 0.3) is 0 Å². The standard InChI is InChI=1S/C27H40O5/c1-15-22-21(31-27(15)10-9-24(2,14-28)32-27)12-19-18-6-5-16-11-17(29)7-8-25(16,3)23(18)20(30)13-26(19,22)4/h5,15,17-19,21-23,28-29H,6-14H2,1-4H3/t15-,17-,18-,19+,21-,22-,23+,24-,25-,26-,27-/m0/s1. The number of fused-ring (bicyclic) bond motifs is 7. The van der Waals surface area contributed by atoms with Crippen molar-refractivity contribution in [2.45, 2.75) is 103 Å². The lowest BCUT2D eigenvalue weighted by Crippen LogP contribution is -2.55. The number of carbonyl (C=O) groups is 1. The molecule has 2 aliphatic heterocycles. The number of aliphatic hydroxyl groups excluding tert-OH is 2. The second-order valence-electron chi connectivity index (χ2n) is 12.9. The third-order valence-electron chi connectivity index (χ3n) is 11.2. The molecule has 0 aromatic heterocycles. The number of hydrogen-bond donors (Lipinski definition) is 2. The summed E-state index contributed by atoms with van der Waals surface area (Å²) in [5.74, 6) is 1.35. The zero-order chi connectivity index (χ0) is 22.7. The van der Waals surface area contributed by atoms with Crippen LogP contribution < -0.4 is 0 Å². The van der Waals surface area contributed by atoms with Gasteiger partial charge in [0.05, 0.1) is 24.4 Å². The van der Waals surface area contributed by atoms with Crippen LogP contribution in [0.25, 0.3) is 0 Å². The van der Waals surface area contributed by atoms with Gasteiger partial charge in [0.1, 0.15) is 5.78 Å². The Labute approximate surface area is 191 Å². The molecule has 2 N–H and O–H groups in total. The molecule has 0 aromatic rings. The Morgan fingerprint density at radius 3 is 2.69 bits per heavy atom. The number of ketones is 1. The van der Waals surface area contributed by atoms with Crippen LogP contribution in [0.5, 0.6) is 0 Å². The molecule has 3 saturated carbocycles. The summed E-state index contributed by atoms with van der Waals surface area (Å²) >= 11 is 0. The van der Waals surface area contributed by atoms with E-state index in [2.05, 4.69) is 26.8 Å². The topological polar surface area (TPSA) is 76.0 Å². The van der Waals surface area contributed by atoms with Gasteiger partial charge in [-0.1, -0.05) is 32.4 Å². The van der Waals surface area contributed by atoms with Gasteiger partial charge in [-0.15, -0.1) is 0 Å². The predicted octanol–water partition coefficient (Wildman–Crippen LogP) is 4.01. The van der Waals surface area contributed by atoms with Crippen molar-refractivity contribution < 1.29 is 24.5 Å². The number of carbonyl (C=O) groups excluding carboxylic acids is 1. The van der Waals surface area contributed by atoms with Crippen LogP contribution in [-0.4, -0.2) is 46.2 Å². The molecule has 6 rings (SSSR count). The molecule has 0 radical (unpaired) electrons. The number of rotatable bonds is 1. The summed E-state index contributed by atoms with van der Waals surface area (Å²) in [4.78, 5) is 13.9. The molecular weight excluding hydrogens is 404 g/mol. The molecule has 5 fully saturated rings. The van der Waals surface area contributed by atoms with E-state index < -0.39 is 11.4 Å². The molecule has 6 aliphatic rings. The Hall–Kier alpha value is -0.750. The van der Waals surface area contributed by atoms with E-state index in [1.165, 1.54) is 5.57 Å². The fourth-order valence-electron chi connectivity index (χ4n) is 9.63. The van der Waals surface area contributed by atoms with Gasteiger partial charge < -0.3 is 19.7 Å². The lowest BCUT2D eigenvalue weighted by molar-refractivity contribution is -0.262. The quantitative estimate of drug-likeness (QED) is 0.598. The molecule has 4 aliphatic carbocycles. The van der Waals surface area contributed by atoms with Gasteiger partial charge in [0.15, 0.2) is 5.79 Å². The Kier molecular flexibility index (Phi) is 4.54. The van der Waals surface area contributed by atoms with Crippen LogP contribution in [0.15, 0.2) is 11.6 Å². The van der Waals surface area contributed by atoms with Crippen LogP contribution in [0.2, 0.25) is 0 Å². The average molecular weight is 445 g/mol. The molecule has 2 heterocycles. The minimum Gasteiger partial charge on any atom is -0.393 e. The summed E-state index contributed by atoms with van der Waals surface area (Å²) in [6.07, 6.45) is 9.01. The highest BCUT2D eigenvalue weighted by molar-refractivity contribution is 5.85. The molecule has 1 spiro atoms. The molecule has 0 unspecified atom stereocenters. The van der Waals surface area contributed by atoms with Crippen LogP contribution in [-0.2, 0) is 14.3 Å². The monoisotopic (exact) mass is 444 g/mol. The van der Waals surface area contributed by atoms with Gasteiger partial charge in [-0.3, -0.25) is 4.79 Å². The van der Waals surface area contributed by atoms with Crippen LogP contribution in [0.4, 0.5) is 0 Å². The number of Topliss-reactive ketones (excluding diaryl/α,β-unsaturated/α-hetero) is 1. The summed E-state index contributed by atoms with van der Waals surface area (Å²) in [5.41, 5.74) is 0.678. The Bertz CT molecular complexity index is 868. The van der Waals surface area contributed by atoms with E-state index >= 15 is 0 Å². The van der Waals surface area contributed by atoms with Crippen LogP contribution in [0.3, 0.4) is 0 Å². The first-order valence-corrected chi connectivity index (χ1v) is 12.9. The van der Waals surface area contributed by atoms with Crippen molar-refractivity contribution >= 4 is 5.78 Å². The van der Waals surface area contributed by atoms with Crippen LogP contribution >= 0.6 is 0 Å². The second kappa shape index (κ2) is 6.68. The van der Waals surface area contributed by atoms with Crippen LogP contribution in [0.1, 0.15) is 79.1 Å². The van der Waals surface area contributed by atoms with Gasteiger partial charge in [0, 0.05) is 24.7 Å². The normalized spacial score (nSPS) is 58.9. The SMILES string of the molecule is C[C@H]1[C@H]2[C@H](C[C@@H]3[C@@H]4CC=C5C[C@@H](O)CC[C@]5(C)[C@H]4C(=O)C[C@]23C)O[C@]12CC[C@@](C)(CO)O2. The van der Waals surface area contributed by atoms with Crippen molar-refractivity contribution in [2.75, 3.05) is 6.61 Å². The van der Waals surface area contributed by atoms with E-state index in [9.17, 15) is 15.0 Å². The lowest BCUT2D eigenvalue weighted by atomic mass is 9.46. The second-order valence-corrected chi connectivity index (χ2v) is 12.9. The van der Waals surface area contributed by atoms with Gasteiger partial charge in [-0.05, 0) is 74.0 Å². The number of ether oxygens (including phenoxy) is 2. The zero-order valence-electron chi connectivity index (χ0n) is 20.1. The summed E-state index contributed by atoms with van der Waals surface area (Å²) in [7, 11) is 0. The summed E-state index contributed by atoms with van der Waals surface area (Å²) in [6, 6.07) is 0. The van der Waals surface area contributed by atoms with Gasteiger partial charge >= 0.3 is 0 Å². The molecule has 32 heavy (non-hydrogen) atoms. The largest absolute Gasteiger partial charge is 0.393 e. The molecule has 5 heteroatoms. The number of allylic oxidation sites excluding steroid dienone is 1. The third-order valence-corrected chi connectivity index (χ3v) is 11.2. The fraction of sp³-hybridized carbons (Fsp3) is 0.889. The maximum absolute atomic E-state index is 13.9. The zero-order valence-corrected chi connectivity index (χ0v) is 20.1. The van der Waals surface area contributed by atoms with Crippen molar-refractivity contribution in [3.05, 3.63) is 11.6 Å². The molecule has 2 saturated heterocycles. The molecule has 178 valence electrons. The predicted molar refractivity (Wildman–Crippen MR) is 120 cm³/mol. The highest BCUT2D eigenvalue weighted by atomic mass is 16.7. The number of aliphatic hydroxyl groups is 2. The van der Waals surface area contributed by atoms with E-state index in [-0.39, 0.29) is 41.5 Å². The molecule has 0 aromatic carbocycles. The molecule has 5 nitrogen and oxygen atoms in total. The third kappa shape index (κ3) is 2.63. The van der Waals surface area contributed by atoms with Crippen molar-refractivity contribution in [1.29, 1.82) is 0 Å². The van der Waals surface area contributed by atoms with Gasteiger partial charge in [-0.2, -0.15) is 0 Å². The van der Waals surface area contributed by atoms with Crippen molar-refractivity contribution in [3.63, 3.8) is 0 Å². The molecule has 11 atom stereocenters. The smallest absolute Gasteiger partial charge is 0.172 e. The van der Waals surface area contributed by atoms with Crippen molar-refractivity contribution in [2.24, 2.45) is 40.4 Å². The van der Waals surface area contributed by atoms with E-state index in [1.54, 1.807) is 0 Å².